The van der Waals surface area contributed by atoms with Crippen LogP contribution in [0.25, 0.3) is 0 Å². The van der Waals surface area contributed by atoms with E-state index in [-0.39, 0.29) is 35.4 Å². The van der Waals surface area contributed by atoms with Gasteiger partial charge in [0.25, 0.3) is 5.56 Å². The van der Waals surface area contributed by atoms with Gasteiger partial charge in [-0.15, -0.1) is 0 Å². The Hall–Kier alpha value is -1.85. The van der Waals surface area contributed by atoms with Crippen molar-refractivity contribution in [3.63, 3.8) is 0 Å². The van der Waals surface area contributed by atoms with Gasteiger partial charge in [-0.25, -0.2) is 4.98 Å². The van der Waals surface area contributed by atoms with Gasteiger partial charge in [-0.05, 0) is 12.3 Å². The van der Waals surface area contributed by atoms with Crippen LogP contribution in [0.3, 0.4) is 0 Å². The first kappa shape index (κ1) is 15.2. The minimum atomic E-state index is -0.481. The minimum Gasteiger partial charge on any atom is -0.466 e. The fourth-order valence-electron chi connectivity index (χ4n) is 1.68. The number of H-pyrrole nitrogens is 1. The van der Waals surface area contributed by atoms with E-state index in [1.165, 1.54) is 0 Å². The first-order valence-electron chi connectivity index (χ1n) is 6.26. The summed E-state index contributed by atoms with van der Waals surface area (Å²) in [7, 11) is 0. The van der Waals surface area contributed by atoms with Crippen LogP contribution < -0.4 is 11.3 Å². The van der Waals surface area contributed by atoms with Crippen LogP contribution in [0.2, 0.25) is 0 Å². The Balaban J connectivity index is 2.98. The van der Waals surface area contributed by atoms with Crippen LogP contribution in [0.1, 0.15) is 39.1 Å². The largest absolute Gasteiger partial charge is 0.466 e. The summed E-state index contributed by atoms with van der Waals surface area (Å²) in [5.74, 6) is 0.142. The Bertz CT molecular complexity index is 515. The number of rotatable bonds is 4. The number of hydrogen-bond acceptors (Lipinski definition) is 5. The number of aromatic nitrogens is 2. The Morgan fingerprint density at radius 1 is 1.42 bits per heavy atom. The molecule has 0 saturated carbocycles. The summed E-state index contributed by atoms with van der Waals surface area (Å²) in [6.45, 7) is 8.09. The highest BCUT2D eigenvalue weighted by Gasteiger charge is 2.17. The van der Waals surface area contributed by atoms with Gasteiger partial charge in [-0.3, -0.25) is 9.59 Å². The van der Waals surface area contributed by atoms with Crippen molar-refractivity contribution in [1.82, 2.24) is 9.97 Å². The molecule has 3 N–H and O–H groups in total. The second-order valence-electron chi connectivity index (χ2n) is 5.60. The van der Waals surface area contributed by atoms with Crippen molar-refractivity contribution in [2.24, 2.45) is 5.41 Å². The average Bonchev–Trinajstić information content (AvgIpc) is 2.21. The van der Waals surface area contributed by atoms with Gasteiger partial charge < -0.3 is 15.5 Å². The van der Waals surface area contributed by atoms with Gasteiger partial charge in [-0.2, -0.15) is 0 Å². The third-order valence-corrected chi connectivity index (χ3v) is 2.42. The second-order valence-corrected chi connectivity index (χ2v) is 5.60. The van der Waals surface area contributed by atoms with Gasteiger partial charge in [0.1, 0.15) is 11.6 Å². The average molecular weight is 267 g/mol. The van der Waals surface area contributed by atoms with Crippen LogP contribution in [0.5, 0.6) is 0 Å². The Morgan fingerprint density at radius 2 is 2.05 bits per heavy atom. The van der Waals surface area contributed by atoms with Crippen LogP contribution in [0.4, 0.5) is 5.82 Å². The first-order chi connectivity index (χ1) is 8.73. The molecule has 1 heterocycles. The molecule has 0 fully saturated rings. The standard InChI is InChI=1S/C13H21N3O3/c1-5-19-10(17)6-8-11(14)15-9(16-12(8)18)7-13(2,3)4/h5-7H2,1-4H3,(H3,14,15,16,18). The second kappa shape index (κ2) is 5.86. The van der Waals surface area contributed by atoms with Crippen LogP contribution in [-0.2, 0) is 22.4 Å². The number of nitrogens with one attached hydrogen (secondary N) is 1. The number of nitrogens with two attached hydrogens (primary N) is 1. The molecule has 1 aromatic heterocycles. The first-order valence-corrected chi connectivity index (χ1v) is 6.26. The molecule has 0 bridgehead atoms. The molecule has 0 aliphatic heterocycles. The van der Waals surface area contributed by atoms with E-state index < -0.39 is 5.97 Å². The quantitative estimate of drug-likeness (QED) is 0.794. The predicted molar refractivity (Wildman–Crippen MR) is 72.8 cm³/mol. The lowest BCUT2D eigenvalue weighted by molar-refractivity contribution is -0.142. The van der Waals surface area contributed by atoms with E-state index >= 15 is 0 Å². The van der Waals surface area contributed by atoms with Crippen molar-refractivity contribution in [3.05, 3.63) is 21.7 Å². The van der Waals surface area contributed by atoms with E-state index in [0.717, 1.165) is 0 Å². The minimum absolute atomic E-state index is 0.00889. The van der Waals surface area contributed by atoms with E-state index in [0.29, 0.717) is 12.2 Å². The molecule has 0 spiro atoms. The summed E-state index contributed by atoms with van der Waals surface area (Å²) in [5.41, 5.74) is 5.53. The fourth-order valence-corrected chi connectivity index (χ4v) is 1.68. The van der Waals surface area contributed by atoms with Crippen LogP contribution in [0, 0.1) is 5.41 Å². The number of nitrogens with zero attached hydrogens (tertiary/aromatic N) is 1. The van der Waals surface area contributed by atoms with Crippen molar-refractivity contribution in [3.8, 4) is 0 Å². The topological polar surface area (TPSA) is 98.1 Å². The van der Waals surface area contributed by atoms with Gasteiger partial charge in [0.2, 0.25) is 0 Å². The van der Waals surface area contributed by atoms with Gasteiger partial charge in [0.15, 0.2) is 0 Å². The molecule has 0 aliphatic rings. The number of nitrogen functional groups attached to an aromatic ring is 1. The maximum atomic E-state index is 11.9. The van der Waals surface area contributed by atoms with Gasteiger partial charge >= 0.3 is 5.97 Å². The van der Waals surface area contributed by atoms with E-state index in [1.54, 1.807) is 6.92 Å². The highest BCUT2D eigenvalue weighted by molar-refractivity contribution is 5.74. The maximum absolute atomic E-state index is 11.9. The third kappa shape index (κ3) is 4.73. The molecule has 0 unspecified atom stereocenters. The normalized spacial score (nSPS) is 11.4. The summed E-state index contributed by atoms with van der Waals surface area (Å²) in [4.78, 5) is 30.1. The number of carbonyl (C=O) groups excluding carboxylic acids is 1. The highest BCUT2D eigenvalue weighted by Crippen LogP contribution is 2.18. The fraction of sp³-hybridized carbons (Fsp3) is 0.615. The maximum Gasteiger partial charge on any atom is 0.310 e. The molecular weight excluding hydrogens is 246 g/mol. The predicted octanol–water partition coefficient (Wildman–Crippen LogP) is 1.05. The smallest absolute Gasteiger partial charge is 0.310 e. The molecule has 0 amide bonds. The monoisotopic (exact) mass is 267 g/mol. The summed E-state index contributed by atoms with van der Waals surface area (Å²) >= 11 is 0. The van der Waals surface area contributed by atoms with Gasteiger partial charge in [0, 0.05) is 6.42 Å². The van der Waals surface area contributed by atoms with E-state index in [1.807, 2.05) is 20.8 Å². The molecule has 6 nitrogen and oxygen atoms in total. The van der Waals surface area contributed by atoms with Gasteiger partial charge in [-0.1, -0.05) is 20.8 Å². The molecule has 19 heavy (non-hydrogen) atoms. The van der Waals surface area contributed by atoms with E-state index in [9.17, 15) is 9.59 Å². The molecule has 1 aromatic rings. The van der Waals surface area contributed by atoms with Crippen LogP contribution in [0.15, 0.2) is 4.79 Å². The third-order valence-electron chi connectivity index (χ3n) is 2.42. The van der Waals surface area contributed by atoms with E-state index in [4.69, 9.17) is 10.5 Å². The zero-order valence-electron chi connectivity index (χ0n) is 11.9. The summed E-state index contributed by atoms with van der Waals surface area (Å²) < 4.78 is 4.79. The van der Waals surface area contributed by atoms with E-state index in [2.05, 4.69) is 9.97 Å². The van der Waals surface area contributed by atoms with Crippen molar-refractivity contribution in [2.45, 2.75) is 40.5 Å². The summed E-state index contributed by atoms with van der Waals surface area (Å²) in [5, 5.41) is 0. The van der Waals surface area contributed by atoms with Crippen molar-refractivity contribution < 1.29 is 9.53 Å². The van der Waals surface area contributed by atoms with Crippen LogP contribution >= 0.6 is 0 Å². The molecule has 1 rings (SSSR count). The zero-order chi connectivity index (χ0) is 14.6. The molecule has 0 aliphatic carbocycles. The lowest BCUT2D eigenvalue weighted by atomic mass is 9.92. The molecule has 6 heteroatoms. The number of carbonyl (C=O) groups is 1. The summed E-state index contributed by atoms with van der Waals surface area (Å²) in [6, 6.07) is 0. The molecule has 0 atom stereocenters. The lowest BCUT2D eigenvalue weighted by Crippen LogP contribution is -2.25. The van der Waals surface area contributed by atoms with Crippen LogP contribution in [-0.4, -0.2) is 22.5 Å². The lowest BCUT2D eigenvalue weighted by Gasteiger charge is -2.17. The van der Waals surface area contributed by atoms with Crippen molar-refractivity contribution >= 4 is 11.8 Å². The number of anilines is 1. The molecule has 106 valence electrons. The molecular formula is C13H21N3O3. The summed E-state index contributed by atoms with van der Waals surface area (Å²) in [6.07, 6.45) is 0.448. The number of ether oxygens (including phenoxy) is 1. The Kier molecular flexibility index (Phi) is 4.69. The number of aromatic amines is 1. The number of esters is 1. The zero-order valence-corrected chi connectivity index (χ0v) is 11.9. The molecule has 0 radical (unpaired) electrons. The van der Waals surface area contributed by atoms with Crippen molar-refractivity contribution in [2.75, 3.05) is 12.3 Å². The Labute approximate surface area is 112 Å². The Morgan fingerprint density at radius 3 is 2.53 bits per heavy atom. The molecule has 0 saturated heterocycles. The van der Waals surface area contributed by atoms with Crippen molar-refractivity contribution in [1.29, 1.82) is 0 Å². The SMILES string of the molecule is CCOC(=O)Cc1c(N)nc(CC(C)(C)C)[nH]c1=O. The highest BCUT2D eigenvalue weighted by atomic mass is 16.5. The number of hydrogen-bond donors (Lipinski definition) is 2. The van der Waals surface area contributed by atoms with Gasteiger partial charge in [0.05, 0.1) is 18.6 Å². The molecule has 0 aromatic carbocycles.